The number of fused-ring (bicyclic) bond motifs is 1. The van der Waals surface area contributed by atoms with Crippen molar-refractivity contribution in [1.29, 1.82) is 0 Å². The summed E-state index contributed by atoms with van der Waals surface area (Å²) in [5.74, 6) is -2.15. The third-order valence-corrected chi connectivity index (χ3v) is 11.8. The van der Waals surface area contributed by atoms with Gasteiger partial charge in [0.05, 0.1) is 17.1 Å². The van der Waals surface area contributed by atoms with Gasteiger partial charge in [-0.2, -0.15) is 5.10 Å². The number of hydrogen-bond acceptors (Lipinski definition) is 5. The molecule has 41 heavy (non-hydrogen) atoms. The Morgan fingerprint density at radius 1 is 1.20 bits per heavy atom. The second kappa shape index (κ2) is 13.1. The number of rotatable bonds is 13. The maximum Gasteiger partial charge on any atom is 0.269 e. The summed E-state index contributed by atoms with van der Waals surface area (Å²) in [6.45, 7) is 9.18. The summed E-state index contributed by atoms with van der Waals surface area (Å²) in [6.07, 6.45) is 1.78. The molecule has 4 N–H and O–H groups in total. The summed E-state index contributed by atoms with van der Waals surface area (Å²) in [5, 5.41) is 7.16. The lowest BCUT2D eigenvalue weighted by Crippen LogP contribution is -2.48. The smallest absolute Gasteiger partial charge is 0.269 e. The second-order valence-corrected chi connectivity index (χ2v) is 16.3. The highest BCUT2D eigenvalue weighted by molar-refractivity contribution is 6.72. The van der Waals surface area contributed by atoms with E-state index in [1.54, 1.807) is 30.3 Å². The first kappa shape index (κ1) is 32.2. The fourth-order valence-corrected chi connectivity index (χ4v) is 5.52. The van der Waals surface area contributed by atoms with E-state index in [1.807, 2.05) is 33.9 Å². The first-order valence-electron chi connectivity index (χ1n) is 13.6. The Labute approximate surface area is 246 Å². The topological polar surface area (TPSA) is 131 Å². The average Bonchev–Trinajstić information content (AvgIpc) is 3.27. The molecule has 2 aromatic carbocycles. The Kier molecular flexibility index (Phi) is 10.3. The van der Waals surface area contributed by atoms with Crippen LogP contribution < -0.4 is 11.1 Å². The summed E-state index contributed by atoms with van der Waals surface area (Å²) in [5.41, 5.74) is 6.38. The number of nitrogens with one attached hydrogen (secondary N) is 1. The van der Waals surface area contributed by atoms with Crippen molar-refractivity contribution in [3.8, 4) is 0 Å². The van der Waals surface area contributed by atoms with Crippen molar-refractivity contribution >= 4 is 48.5 Å². The second-order valence-electron chi connectivity index (χ2n) is 11.4. The predicted octanol–water partition coefficient (Wildman–Crippen LogP) is 4.61. The standard InChI is InChI=1S/C29H39ClFN5O4Si/c1-6-20(14-15-29(2,3)41(4,5)40)35(17-24(37)33-16-19-10-9-12-22(30)26(19)31)25(38)18-36-23-13-8-7-11-21(23)27(34-36)28(32)39/h7-13,20,40H,6,14-18H2,1-5H3,(H2,32,39)(H,33,37)/t20-/m1/s1. The largest absolute Gasteiger partial charge is 0.432 e. The fraction of sp³-hybridized carbons (Fsp3) is 0.448. The Hall–Kier alpha value is -3.28. The summed E-state index contributed by atoms with van der Waals surface area (Å²) in [4.78, 5) is 51.2. The Morgan fingerprint density at radius 3 is 2.51 bits per heavy atom. The normalized spacial score (nSPS) is 12.8. The van der Waals surface area contributed by atoms with Crippen molar-refractivity contribution < 1.29 is 23.6 Å². The highest BCUT2D eigenvalue weighted by atomic mass is 35.5. The van der Waals surface area contributed by atoms with Crippen LogP contribution in [0.1, 0.15) is 56.1 Å². The van der Waals surface area contributed by atoms with E-state index < -0.39 is 25.9 Å². The molecule has 0 aliphatic carbocycles. The maximum absolute atomic E-state index is 14.4. The lowest BCUT2D eigenvalue weighted by Gasteiger charge is -2.38. The van der Waals surface area contributed by atoms with Crippen molar-refractivity contribution in [2.24, 2.45) is 5.73 Å². The Morgan fingerprint density at radius 2 is 1.88 bits per heavy atom. The molecule has 0 unspecified atom stereocenters. The van der Waals surface area contributed by atoms with Crippen molar-refractivity contribution in [3.05, 3.63) is 64.6 Å². The van der Waals surface area contributed by atoms with Crippen LogP contribution in [0.5, 0.6) is 0 Å². The number of carbonyl (C=O) groups is 3. The molecule has 3 aromatic rings. The average molecular weight is 604 g/mol. The van der Waals surface area contributed by atoms with E-state index >= 15 is 0 Å². The van der Waals surface area contributed by atoms with Gasteiger partial charge in [0.15, 0.2) is 14.0 Å². The highest BCUT2D eigenvalue weighted by Gasteiger charge is 2.39. The van der Waals surface area contributed by atoms with E-state index in [0.717, 1.165) is 0 Å². The third kappa shape index (κ3) is 7.72. The lowest BCUT2D eigenvalue weighted by atomic mass is 9.99. The van der Waals surface area contributed by atoms with Gasteiger partial charge in [0.2, 0.25) is 11.8 Å². The van der Waals surface area contributed by atoms with E-state index in [0.29, 0.717) is 30.2 Å². The van der Waals surface area contributed by atoms with Crippen LogP contribution in [-0.4, -0.2) is 58.1 Å². The quantitative estimate of drug-likeness (QED) is 0.246. The number of para-hydroxylation sites is 1. The van der Waals surface area contributed by atoms with Gasteiger partial charge in [0, 0.05) is 23.5 Å². The molecular weight excluding hydrogens is 565 g/mol. The molecule has 3 rings (SSSR count). The molecule has 0 spiro atoms. The third-order valence-electron chi connectivity index (χ3n) is 7.99. The summed E-state index contributed by atoms with van der Waals surface area (Å²) < 4.78 is 15.8. The van der Waals surface area contributed by atoms with Gasteiger partial charge < -0.3 is 20.7 Å². The number of hydrogen-bond donors (Lipinski definition) is 3. The molecular formula is C29H39ClFN5O4Si. The van der Waals surface area contributed by atoms with Crippen LogP contribution in [-0.2, 0) is 22.7 Å². The predicted molar refractivity (Wildman–Crippen MR) is 160 cm³/mol. The molecule has 0 saturated heterocycles. The number of amides is 3. The van der Waals surface area contributed by atoms with Gasteiger partial charge in [-0.1, -0.05) is 62.7 Å². The van der Waals surface area contributed by atoms with Gasteiger partial charge in [-0.05, 0) is 49.5 Å². The highest BCUT2D eigenvalue weighted by Crippen LogP contribution is 2.40. The summed E-state index contributed by atoms with van der Waals surface area (Å²) in [7, 11) is -2.51. The van der Waals surface area contributed by atoms with Gasteiger partial charge in [0.25, 0.3) is 5.91 Å². The Bertz CT molecular complexity index is 1420. The van der Waals surface area contributed by atoms with Crippen LogP contribution in [0.3, 0.4) is 0 Å². The van der Waals surface area contributed by atoms with Crippen molar-refractivity contribution in [3.63, 3.8) is 0 Å². The molecule has 0 fully saturated rings. The minimum Gasteiger partial charge on any atom is -0.432 e. The van der Waals surface area contributed by atoms with Gasteiger partial charge in [-0.25, -0.2) is 4.39 Å². The van der Waals surface area contributed by atoms with E-state index in [4.69, 9.17) is 17.3 Å². The molecule has 1 heterocycles. The molecule has 0 aliphatic rings. The van der Waals surface area contributed by atoms with Crippen LogP contribution in [0.2, 0.25) is 23.2 Å². The van der Waals surface area contributed by atoms with E-state index in [1.165, 1.54) is 21.7 Å². The van der Waals surface area contributed by atoms with Gasteiger partial charge in [-0.3, -0.25) is 19.1 Å². The molecule has 9 nitrogen and oxygen atoms in total. The lowest BCUT2D eigenvalue weighted by molar-refractivity contribution is -0.139. The van der Waals surface area contributed by atoms with Crippen LogP contribution >= 0.6 is 11.6 Å². The van der Waals surface area contributed by atoms with Crippen molar-refractivity contribution in [2.45, 2.75) is 77.3 Å². The SMILES string of the molecule is CC[C@H](CCC(C)(C)[Si](C)(C)O)N(CC(=O)NCc1cccc(Cl)c1F)C(=O)Cn1nc(C(N)=O)c2ccccc21. The van der Waals surface area contributed by atoms with Crippen LogP contribution in [0.25, 0.3) is 10.9 Å². The van der Waals surface area contributed by atoms with Gasteiger partial charge >= 0.3 is 0 Å². The molecule has 0 radical (unpaired) electrons. The van der Waals surface area contributed by atoms with Gasteiger partial charge in [0.1, 0.15) is 12.4 Å². The summed E-state index contributed by atoms with van der Waals surface area (Å²) in [6, 6.07) is 11.2. The zero-order valence-corrected chi connectivity index (χ0v) is 26.0. The molecule has 0 bridgehead atoms. The maximum atomic E-state index is 14.4. The number of carbonyl (C=O) groups excluding carboxylic acids is 3. The first-order valence-corrected chi connectivity index (χ1v) is 17.0. The Balaban J connectivity index is 1.87. The van der Waals surface area contributed by atoms with Crippen LogP contribution in [0.15, 0.2) is 42.5 Å². The van der Waals surface area contributed by atoms with E-state index in [2.05, 4.69) is 10.4 Å². The van der Waals surface area contributed by atoms with Crippen LogP contribution in [0, 0.1) is 5.82 Å². The minimum atomic E-state index is -2.51. The number of benzene rings is 2. The number of primary amides is 1. The molecule has 1 aromatic heterocycles. The molecule has 222 valence electrons. The van der Waals surface area contributed by atoms with Crippen molar-refractivity contribution in [2.75, 3.05) is 6.54 Å². The summed E-state index contributed by atoms with van der Waals surface area (Å²) >= 11 is 5.87. The minimum absolute atomic E-state index is 0.0423. The molecule has 3 amide bonds. The van der Waals surface area contributed by atoms with Crippen LogP contribution in [0.4, 0.5) is 4.39 Å². The zero-order chi connectivity index (χ0) is 30.5. The zero-order valence-electron chi connectivity index (χ0n) is 24.2. The van der Waals surface area contributed by atoms with E-state index in [-0.39, 0.29) is 52.9 Å². The number of halogens is 2. The fourth-order valence-electron chi connectivity index (χ4n) is 4.57. The van der Waals surface area contributed by atoms with Crippen molar-refractivity contribution in [1.82, 2.24) is 20.0 Å². The monoisotopic (exact) mass is 603 g/mol. The number of aromatic nitrogens is 2. The molecule has 12 heteroatoms. The number of nitrogens with two attached hydrogens (primary N) is 1. The molecule has 1 atom stereocenters. The molecule has 0 saturated carbocycles. The first-order chi connectivity index (χ1) is 19.2. The molecule has 0 aliphatic heterocycles. The number of nitrogens with zero attached hydrogens (tertiary/aromatic N) is 3. The van der Waals surface area contributed by atoms with Gasteiger partial charge in [-0.15, -0.1) is 0 Å². The van der Waals surface area contributed by atoms with E-state index in [9.17, 15) is 23.6 Å².